The number of fused-ring (bicyclic) bond motifs is 1. The molecule has 0 bridgehead atoms. The van der Waals surface area contributed by atoms with Crippen LogP contribution in [-0.4, -0.2) is 30.7 Å². The molecule has 1 aromatic heterocycles. The number of aryl methyl sites for hydroxylation is 1. The van der Waals surface area contributed by atoms with Crippen LogP contribution < -0.4 is 11.1 Å². The zero-order valence-corrected chi connectivity index (χ0v) is 12.5. The summed E-state index contributed by atoms with van der Waals surface area (Å²) in [6, 6.07) is 1.90. The van der Waals surface area contributed by atoms with Gasteiger partial charge in [0.25, 0.3) is 5.92 Å². The number of thiophene rings is 1. The average molecular weight is 329 g/mol. The zero-order valence-electron chi connectivity index (χ0n) is 10.0. The van der Waals surface area contributed by atoms with Crippen molar-refractivity contribution in [1.82, 2.24) is 5.32 Å². The van der Waals surface area contributed by atoms with Crippen LogP contribution in [0.1, 0.15) is 15.7 Å². The molecule has 8 heteroatoms. The second-order valence-corrected chi connectivity index (χ2v) is 6.29. The first-order valence-electron chi connectivity index (χ1n) is 5.57. The molecule has 2 heterocycles. The summed E-state index contributed by atoms with van der Waals surface area (Å²) in [6.07, 6.45) is 0.945. The van der Waals surface area contributed by atoms with E-state index < -0.39 is 19.0 Å². The van der Waals surface area contributed by atoms with Crippen molar-refractivity contribution < 1.29 is 13.6 Å². The lowest BCUT2D eigenvalue weighted by Gasteiger charge is -2.22. The highest BCUT2D eigenvalue weighted by Crippen LogP contribution is 2.39. The Morgan fingerprint density at radius 1 is 1.58 bits per heavy atom. The average Bonchev–Trinajstić information content (AvgIpc) is 2.84. The molecule has 2 rings (SSSR count). The lowest BCUT2D eigenvalue weighted by Crippen LogP contribution is -2.43. The third-order valence-electron chi connectivity index (χ3n) is 2.73. The second kappa shape index (κ2) is 6.88. The van der Waals surface area contributed by atoms with Crippen molar-refractivity contribution in [1.29, 1.82) is 0 Å². The van der Waals surface area contributed by atoms with Crippen LogP contribution in [0, 0.1) is 0 Å². The van der Waals surface area contributed by atoms with Crippen molar-refractivity contribution in [3.05, 3.63) is 21.9 Å². The molecule has 3 nitrogen and oxygen atoms in total. The Labute approximate surface area is 124 Å². The third kappa shape index (κ3) is 4.05. The maximum Gasteiger partial charge on any atom is 0.277 e. The highest BCUT2D eigenvalue weighted by molar-refractivity contribution is 8.00. The molecule has 0 fully saturated rings. The van der Waals surface area contributed by atoms with Crippen molar-refractivity contribution in [2.24, 2.45) is 5.73 Å². The first-order chi connectivity index (χ1) is 8.53. The zero-order chi connectivity index (χ0) is 13.2. The van der Waals surface area contributed by atoms with E-state index in [1.165, 1.54) is 16.6 Å². The number of nitrogens with one attached hydrogen (secondary N) is 1. The van der Waals surface area contributed by atoms with Gasteiger partial charge in [-0.2, -0.15) is 0 Å². The highest BCUT2D eigenvalue weighted by Gasteiger charge is 2.32. The molecule has 1 aliphatic heterocycles. The first kappa shape index (κ1) is 16.7. The topological polar surface area (TPSA) is 55.1 Å². The number of amides is 1. The number of hydrogen-bond acceptors (Lipinski definition) is 4. The Bertz CT molecular complexity index is 442. The predicted molar refractivity (Wildman–Crippen MR) is 77.5 cm³/mol. The fourth-order valence-corrected chi connectivity index (χ4v) is 4.06. The van der Waals surface area contributed by atoms with E-state index in [2.05, 4.69) is 5.32 Å². The number of hydrogen-bond donors (Lipinski definition) is 2. The Hall–Kier alpha value is -0.370. The highest BCUT2D eigenvalue weighted by atomic mass is 35.5. The number of alkyl halides is 2. The van der Waals surface area contributed by atoms with E-state index in [4.69, 9.17) is 5.73 Å². The number of carbonyl (C=O) groups is 1. The lowest BCUT2D eigenvalue weighted by molar-refractivity contribution is -0.122. The Morgan fingerprint density at radius 3 is 3.00 bits per heavy atom. The minimum atomic E-state index is -3.04. The Balaban J connectivity index is 0.00000180. The molecular weight excluding hydrogens is 314 g/mol. The van der Waals surface area contributed by atoms with E-state index in [0.717, 1.165) is 17.7 Å². The van der Waals surface area contributed by atoms with Gasteiger partial charge >= 0.3 is 0 Å². The minimum Gasteiger partial charge on any atom is -0.349 e. The molecule has 0 saturated heterocycles. The summed E-state index contributed by atoms with van der Waals surface area (Å²) in [4.78, 5) is 13.1. The lowest BCUT2D eigenvalue weighted by atomic mass is 10.1. The standard InChI is InChI=1S/C11H14F2N2OS2.ClH/c12-11(13,5-14)6-15-10(16)9-7-1-3-17-8(7)2-4-18-9;/h1,3,9H,2,4-6,14H2,(H,15,16);1H. The van der Waals surface area contributed by atoms with Crippen molar-refractivity contribution in [3.8, 4) is 0 Å². The van der Waals surface area contributed by atoms with Crippen molar-refractivity contribution in [2.45, 2.75) is 17.6 Å². The molecule has 0 saturated carbocycles. The molecule has 19 heavy (non-hydrogen) atoms. The van der Waals surface area contributed by atoms with Gasteiger partial charge in [0.2, 0.25) is 5.91 Å². The fourth-order valence-electron chi connectivity index (χ4n) is 1.74. The van der Waals surface area contributed by atoms with Crippen LogP contribution in [0.25, 0.3) is 0 Å². The van der Waals surface area contributed by atoms with E-state index in [1.54, 1.807) is 11.3 Å². The summed E-state index contributed by atoms with van der Waals surface area (Å²) in [6.45, 7) is -1.45. The third-order valence-corrected chi connectivity index (χ3v) is 4.97. The van der Waals surface area contributed by atoms with Crippen molar-refractivity contribution in [3.63, 3.8) is 0 Å². The normalized spacial score (nSPS) is 18.4. The number of halogens is 3. The number of carbonyl (C=O) groups excluding carboxylic acids is 1. The minimum absolute atomic E-state index is 0. The SMILES string of the molecule is Cl.NCC(F)(F)CNC(=O)C1SCCc2sccc21. The first-order valence-corrected chi connectivity index (χ1v) is 7.50. The van der Waals surface area contributed by atoms with Crippen molar-refractivity contribution in [2.75, 3.05) is 18.8 Å². The summed E-state index contributed by atoms with van der Waals surface area (Å²) in [5, 5.41) is 3.86. The van der Waals surface area contributed by atoms with E-state index >= 15 is 0 Å². The molecule has 0 aromatic carbocycles. The number of nitrogens with two attached hydrogens (primary N) is 1. The van der Waals surface area contributed by atoms with Crippen LogP contribution in [0.4, 0.5) is 8.78 Å². The van der Waals surface area contributed by atoms with E-state index in [-0.39, 0.29) is 23.6 Å². The summed E-state index contributed by atoms with van der Waals surface area (Å²) in [5.41, 5.74) is 5.89. The molecule has 3 N–H and O–H groups in total. The monoisotopic (exact) mass is 328 g/mol. The molecule has 1 aromatic rings. The van der Waals surface area contributed by atoms with E-state index in [9.17, 15) is 13.6 Å². The predicted octanol–water partition coefficient (Wildman–Crippen LogP) is 2.21. The largest absolute Gasteiger partial charge is 0.349 e. The van der Waals surface area contributed by atoms with Gasteiger partial charge in [-0.05, 0) is 29.2 Å². The molecule has 1 atom stereocenters. The van der Waals surface area contributed by atoms with Crippen LogP contribution in [0.2, 0.25) is 0 Å². The quantitative estimate of drug-likeness (QED) is 0.891. The molecular formula is C11H15ClF2N2OS2. The maximum atomic E-state index is 13.0. The van der Waals surface area contributed by atoms with Crippen molar-refractivity contribution >= 4 is 41.4 Å². The van der Waals surface area contributed by atoms with Crippen LogP contribution in [0.15, 0.2) is 11.4 Å². The van der Waals surface area contributed by atoms with E-state index in [1.807, 2.05) is 11.4 Å². The number of rotatable bonds is 4. The molecule has 1 amide bonds. The molecule has 0 spiro atoms. The summed E-state index contributed by atoms with van der Waals surface area (Å²) in [7, 11) is 0. The fraction of sp³-hybridized carbons (Fsp3) is 0.545. The van der Waals surface area contributed by atoms with Gasteiger partial charge in [-0.1, -0.05) is 0 Å². The van der Waals surface area contributed by atoms with Crippen LogP contribution in [0.3, 0.4) is 0 Å². The van der Waals surface area contributed by atoms with Gasteiger partial charge in [0.15, 0.2) is 0 Å². The van der Waals surface area contributed by atoms with Crippen LogP contribution >= 0.6 is 35.5 Å². The summed E-state index contributed by atoms with van der Waals surface area (Å²) < 4.78 is 25.9. The van der Waals surface area contributed by atoms with Gasteiger partial charge in [-0.3, -0.25) is 4.79 Å². The van der Waals surface area contributed by atoms with Crippen LogP contribution in [0.5, 0.6) is 0 Å². The summed E-state index contributed by atoms with van der Waals surface area (Å²) in [5.74, 6) is -2.54. The van der Waals surface area contributed by atoms with E-state index in [0.29, 0.717) is 0 Å². The molecule has 1 aliphatic rings. The molecule has 0 radical (unpaired) electrons. The molecule has 108 valence electrons. The Kier molecular flexibility index (Phi) is 6.04. The van der Waals surface area contributed by atoms with Gasteiger partial charge in [0.1, 0.15) is 5.25 Å². The van der Waals surface area contributed by atoms with Gasteiger partial charge in [-0.25, -0.2) is 8.78 Å². The molecule has 0 aliphatic carbocycles. The Morgan fingerprint density at radius 2 is 2.32 bits per heavy atom. The summed E-state index contributed by atoms with van der Waals surface area (Å²) >= 11 is 3.11. The molecule has 1 unspecified atom stereocenters. The maximum absolute atomic E-state index is 13.0. The van der Waals surface area contributed by atoms with Gasteiger partial charge in [0, 0.05) is 4.88 Å². The van der Waals surface area contributed by atoms with Gasteiger partial charge < -0.3 is 11.1 Å². The van der Waals surface area contributed by atoms with Gasteiger partial charge in [-0.15, -0.1) is 35.5 Å². The van der Waals surface area contributed by atoms with Gasteiger partial charge in [0.05, 0.1) is 13.1 Å². The second-order valence-electron chi connectivity index (χ2n) is 4.08. The number of thioether (sulfide) groups is 1. The smallest absolute Gasteiger partial charge is 0.277 e. The van der Waals surface area contributed by atoms with Crippen LogP contribution in [-0.2, 0) is 11.2 Å².